The molecular formula is C12H28N4O2S2. The van der Waals surface area contributed by atoms with Crippen LogP contribution in [0.25, 0.3) is 0 Å². The van der Waals surface area contributed by atoms with Crippen molar-refractivity contribution in [3.63, 3.8) is 0 Å². The second-order valence-electron chi connectivity index (χ2n) is 4.88. The van der Waals surface area contributed by atoms with Crippen LogP contribution < -0.4 is 10.0 Å². The van der Waals surface area contributed by atoms with E-state index in [0.717, 1.165) is 50.7 Å². The van der Waals surface area contributed by atoms with E-state index in [1.165, 1.54) is 4.31 Å². The minimum absolute atomic E-state index is 0.491. The van der Waals surface area contributed by atoms with Gasteiger partial charge in [0.2, 0.25) is 0 Å². The fourth-order valence-corrected chi connectivity index (χ4v) is 3.91. The van der Waals surface area contributed by atoms with Gasteiger partial charge in [-0.15, -0.1) is 0 Å². The molecule has 120 valence electrons. The molecule has 0 unspecified atom stereocenters. The zero-order valence-corrected chi connectivity index (χ0v) is 14.2. The molecule has 2 N–H and O–H groups in total. The molecule has 0 spiro atoms. The first-order valence-corrected chi connectivity index (χ1v) is 9.87. The molecule has 0 saturated carbocycles. The molecular weight excluding hydrogens is 296 g/mol. The van der Waals surface area contributed by atoms with E-state index in [9.17, 15) is 8.42 Å². The topological polar surface area (TPSA) is 64.7 Å². The Hall–Kier alpha value is 0.140. The van der Waals surface area contributed by atoms with Gasteiger partial charge in [-0.3, -0.25) is 0 Å². The number of thioether (sulfide) groups is 1. The largest absolute Gasteiger partial charge is 0.317 e. The zero-order valence-electron chi connectivity index (χ0n) is 12.6. The van der Waals surface area contributed by atoms with Gasteiger partial charge in [0.1, 0.15) is 0 Å². The number of hydrogen-bond acceptors (Lipinski definition) is 5. The third-order valence-corrected chi connectivity index (χ3v) is 5.82. The van der Waals surface area contributed by atoms with Gasteiger partial charge in [-0.1, -0.05) is 6.92 Å². The molecule has 20 heavy (non-hydrogen) atoms. The lowest BCUT2D eigenvalue weighted by Gasteiger charge is -2.26. The highest BCUT2D eigenvalue weighted by atomic mass is 32.2. The molecule has 1 aliphatic heterocycles. The SMILES string of the molecule is CCNCCCN(C)S(=O)(=O)NCCN1CCSCC1. The van der Waals surface area contributed by atoms with Crippen LogP contribution in [0.4, 0.5) is 0 Å². The van der Waals surface area contributed by atoms with Crippen molar-refractivity contribution < 1.29 is 8.42 Å². The minimum Gasteiger partial charge on any atom is -0.317 e. The Morgan fingerprint density at radius 1 is 1.25 bits per heavy atom. The summed E-state index contributed by atoms with van der Waals surface area (Å²) in [6.45, 7) is 7.76. The summed E-state index contributed by atoms with van der Waals surface area (Å²) in [4.78, 5) is 2.31. The zero-order chi connectivity index (χ0) is 14.8. The van der Waals surface area contributed by atoms with Crippen molar-refractivity contribution >= 4 is 22.0 Å². The molecule has 0 aliphatic carbocycles. The standard InChI is InChI=1S/C12H28N4O2S2/c1-3-13-5-4-7-15(2)20(17,18)14-6-8-16-9-11-19-12-10-16/h13-14H,3-12H2,1-2H3. The molecule has 1 aliphatic rings. The molecule has 0 bridgehead atoms. The molecule has 0 aromatic rings. The van der Waals surface area contributed by atoms with Crippen molar-refractivity contribution in [2.45, 2.75) is 13.3 Å². The average Bonchev–Trinajstić information content (AvgIpc) is 2.44. The summed E-state index contributed by atoms with van der Waals surface area (Å²) in [5, 5.41) is 3.19. The Labute approximate surface area is 127 Å². The highest BCUT2D eigenvalue weighted by Crippen LogP contribution is 2.08. The molecule has 0 radical (unpaired) electrons. The molecule has 1 fully saturated rings. The van der Waals surface area contributed by atoms with E-state index in [0.29, 0.717) is 13.1 Å². The lowest BCUT2D eigenvalue weighted by Crippen LogP contribution is -2.44. The Kier molecular flexibility index (Phi) is 9.06. The van der Waals surface area contributed by atoms with Crippen LogP contribution in [-0.2, 0) is 10.2 Å². The Morgan fingerprint density at radius 3 is 2.60 bits per heavy atom. The van der Waals surface area contributed by atoms with Gasteiger partial charge in [0, 0.05) is 51.3 Å². The van der Waals surface area contributed by atoms with Crippen molar-refractivity contribution in [2.24, 2.45) is 0 Å². The number of nitrogens with one attached hydrogen (secondary N) is 2. The van der Waals surface area contributed by atoms with Gasteiger partial charge in [0.25, 0.3) is 10.2 Å². The second-order valence-corrected chi connectivity index (χ2v) is 7.97. The van der Waals surface area contributed by atoms with Crippen molar-refractivity contribution in [2.75, 3.05) is 64.4 Å². The smallest absolute Gasteiger partial charge is 0.279 e. The molecule has 0 amide bonds. The lowest BCUT2D eigenvalue weighted by molar-refractivity contribution is 0.306. The van der Waals surface area contributed by atoms with Crippen LogP contribution in [0.1, 0.15) is 13.3 Å². The predicted octanol–water partition coefficient (Wildman–Crippen LogP) is -0.199. The van der Waals surface area contributed by atoms with Gasteiger partial charge in [0.15, 0.2) is 0 Å². The van der Waals surface area contributed by atoms with Crippen molar-refractivity contribution in [1.29, 1.82) is 0 Å². The number of nitrogens with zero attached hydrogens (tertiary/aromatic N) is 2. The van der Waals surface area contributed by atoms with E-state index >= 15 is 0 Å². The van der Waals surface area contributed by atoms with Crippen LogP contribution in [0.3, 0.4) is 0 Å². The van der Waals surface area contributed by atoms with Crippen LogP contribution in [0.5, 0.6) is 0 Å². The van der Waals surface area contributed by atoms with Gasteiger partial charge in [-0.25, -0.2) is 4.72 Å². The van der Waals surface area contributed by atoms with Crippen molar-refractivity contribution in [3.05, 3.63) is 0 Å². The van der Waals surface area contributed by atoms with E-state index < -0.39 is 10.2 Å². The first kappa shape index (κ1) is 18.2. The van der Waals surface area contributed by atoms with Crippen LogP contribution in [-0.4, -0.2) is 82.0 Å². The Balaban J connectivity index is 2.18. The van der Waals surface area contributed by atoms with Gasteiger partial charge in [0.05, 0.1) is 0 Å². The van der Waals surface area contributed by atoms with E-state index in [1.54, 1.807) is 7.05 Å². The summed E-state index contributed by atoms with van der Waals surface area (Å²) >= 11 is 1.96. The highest BCUT2D eigenvalue weighted by Gasteiger charge is 2.17. The second kappa shape index (κ2) is 9.97. The third-order valence-electron chi connectivity index (χ3n) is 3.30. The van der Waals surface area contributed by atoms with Crippen LogP contribution in [0, 0.1) is 0 Å². The fourth-order valence-electron chi connectivity index (χ4n) is 1.99. The normalized spacial score (nSPS) is 17.8. The summed E-state index contributed by atoms with van der Waals surface area (Å²) in [6.07, 6.45) is 0.828. The molecule has 0 aromatic heterocycles. The third kappa shape index (κ3) is 7.24. The van der Waals surface area contributed by atoms with E-state index in [1.807, 2.05) is 18.7 Å². The Morgan fingerprint density at radius 2 is 1.95 bits per heavy atom. The van der Waals surface area contributed by atoms with Crippen LogP contribution in [0.2, 0.25) is 0 Å². The predicted molar refractivity (Wildman–Crippen MR) is 86.5 cm³/mol. The maximum Gasteiger partial charge on any atom is 0.279 e. The van der Waals surface area contributed by atoms with Crippen LogP contribution >= 0.6 is 11.8 Å². The van der Waals surface area contributed by atoms with Crippen molar-refractivity contribution in [3.8, 4) is 0 Å². The molecule has 1 rings (SSSR count). The molecule has 0 aromatic carbocycles. The van der Waals surface area contributed by atoms with Gasteiger partial charge in [-0.2, -0.15) is 24.5 Å². The van der Waals surface area contributed by atoms with E-state index in [4.69, 9.17) is 0 Å². The highest BCUT2D eigenvalue weighted by molar-refractivity contribution is 7.99. The van der Waals surface area contributed by atoms with E-state index in [-0.39, 0.29) is 0 Å². The molecule has 8 heteroatoms. The average molecular weight is 325 g/mol. The summed E-state index contributed by atoms with van der Waals surface area (Å²) < 4.78 is 28.1. The first-order chi connectivity index (χ1) is 9.56. The number of rotatable bonds is 10. The summed E-state index contributed by atoms with van der Waals surface area (Å²) in [7, 11) is -1.69. The molecule has 6 nitrogen and oxygen atoms in total. The maximum atomic E-state index is 12.0. The minimum atomic E-state index is -3.32. The van der Waals surface area contributed by atoms with Gasteiger partial charge in [-0.05, 0) is 19.5 Å². The monoisotopic (exact) mass is 324 g/mol. The summed E-state index contributed by atoms with van der Waals surface area (Å²) in [5.41, 5.74) is 0. The molecule has 0 atom stereocenters. The Bertz CT molecular complexity index is 345. The number of hydrogen-bond donors (Lipinski definition) is 2. The maximum absolute atomic E-state index is 12.0. The van der Waals surface area contributed by atoms with Crippen molar-refractivity contribution in [1.82, 2.24) is 19.2 Å². The van der Waals surface area contributed by atoms with E-state index in [2.05, 4.69) is 14.9 Å². The molecule has 1 saturated heterocycles. The van der Waals surface area contributed by atoms with Crippen LogP contribution in [0.15, 0.2) is 0 Å². The van der Waals surface area contributed by atoms with Gasteiger partial charge >= 0.3 is 0 Å². The molecule has 1 heterocycles. The fraction of sp³-hybridized carbons (Fsp3) is 1.00. The quantitative estimate of drug-likeness (QED) is 0.545. The summed E-state index contributed by atoms with van der Waals surface area (Å²) in [5.74, 6) is 2.30. The summed E-state index contributed by atoms with van der Waals surface area (Å²) in [6, 6.07) is 0. The lowest BCUT2D eigenvalue weighted by atomic mass is 10.4. The first-order valence-electron chi connectivity index (χ1n) is 7.28. The van der Waals surface area contributed by atoms with Gasteiger partial charge < -0.3 is 10.2 Å².